The minimum absolute atomic E-state index is 0.196. The van der Waals surface area contributed by atoms with E-state index in [1.165, 1.54) is 24.5 Å². The molecule has 88 valence electrons. The van der Waals surface area contributed by atoms with Gasteiger partial charge in [0.05, 0.1) is 4.47 Å². The minimum atomic E-state index is -0.196. The van der Waals surface area contributed by atoms with Gasteiger partial charge in [0.25, 0.3) is 0 Å². The molecular weight excluding hydrogens is 269 g/mol. The Balaban J connectivity index is 1.78. The van der Waals surface area contributed by atoms with Crippen molar-refractivity contribution in [1.82, 2.24) is 0 Å². The lowest BCUT2D eigenvalue weighted by molar-refractivity contribution is 0.528. The Bertz CT molecular complexity index is 363. The normalized spacial score (nSPS) is 17.4. The van der Waals surface area contributed by atoms with Crippen LogP contribution in [0, 0.1) is 11.7 Å². The van der Waals surface area contributed by atoms with E-state index in [0.29, 0.717) is 10.5 Å². The van der Waals surface area contributed by atoms with Crippen molar-refractivity contribution >= 4 is 15.9 Å². The monoisotopic (exact) mass is 285 g/mol. The quantitative estimate of drug-likeness (QED) is 0.878. The van der Waals surface area contributed by atoms with Crippen LogP contribution < -0.4 is 5.73 Å². The highest BCUT2D eigenvalue weighted by atomic mass is 79.9. The lowest BCUT2D eigenvalue weighted by Gasteiger charge is -2.09. The Morgan fingerprint density at radius 3 is 2.81 bits per heavy atom. The summed E-state index contributed by atoms with van der Waals surface area (Å²) in [6.07, 6.45) is 5.78. The summed E-state index contributed by atoms with van der Waals surface area (Å²) in [4.78, 5) is 0. The first-order chi connectivity index (χ1) is 7.66. The van der Waals surface area contributed by atoms with Gasteiger partial charge in [-0.05, 0) is 71.6 Å². The maximum Gasteiger partial charge on any atom is 0.137 e. The topological polar surface area (TPSA) is 26.0 Å². The molecule has 1 unspecified atom stereocenters. The van der Waals surface area contributed by atoms with Crippen molar-refractivity contribution in [2.75, 3.05) is 0 Å². The average Bonchev–Trinajstić information content (AvgIpc) is 3.07. The lowest BCUT2D eigenvalue weighted by atomic mass is 10.0. The molecular formula is C13H17BrFN. The van der Waals surface area contributed by atoms with E-state index in [-0.39, 0.29) is 5.82 Å². The second-order valence-corrected chi connectivity index (χ2v) is 5.50. The third-order valence-electron chi connectivity index (χ3n) is 3.21. The summed E-state index contributed by atoms with van der Waals surface area (Å²) in [7, 11) is 0. The zero-order valence-corrected chi connectivity index (χ0v) is 10.8. The van der Waals surface area contributed by atoms with Crippen molar-refractivity contribution in [3.8, 4) is 0 Å². The summed E-state index contributed by atoms with van der Waals surface area (Å²) in [5, 5.41) is 0. The summed E-state index contributed by atoms with van der Waals surface area (Å²) >= 11 is 3.20. The van der Waals surface area contributed by atoms with Crippen LogP contribution in [0.4, 0.5) is 4.39 Å². The molecule has 0 amide bonds. The molecule has 0 saturated heterocycles. The van der Waals surface area contributed by atoms with E-state index >= 15 is 0 Å². The van der Waals surface area contributed by atoms with Gasteiger partial charge in [-0.25, -0.2) is 4.39 Å². The molecule has 1 saturated carbocycles. The Labute approximate surface area is 104 Å². The molecule has 1 aromatic carbocycles. The molecule has 1 aliphatic rings. The molecule has 1 fully saturated rings. The predicted molar refractivity (Wildman–Crippen MR) is 67.7 cm³/mol. The Kier molecular flexibility index (Phi) is 3.98. The first kappa shape index (κ1) is 12.1. The summed E-state index contributed by atoms with van der Waals surface area (Å²) in [6.45, 7) is 0. The Morgan fingerprint density at radius 2 is 2.19 bits per heavy atom. The minimum Gasteiger partial charge on any atom is -0.327 e. The number of benzene rings is 1. The first-order valence-corrected chi connectivity index (χ1v) is 6.65. The van der Waals surface area contributed by atoms with Gasteiger partial charge < -0.3 is 5.73 Å². The van der Waals surface area contributed by atoms with Gasteiger partial charge in [0.1, 0.15) is 5.82 Å². The van der Waals surface area contributed by atoms with E-state index in [9.17, 15) is 4.39 Å². The predicted octanol–water partition coefficient (Wildman–Crippen LogP) is 3.65. The van der Waals surface area contributed by atoms with E-state index in [2.05, 4.69) is 15.9 Å². The Morgan fingerprint density at radius 1 is 1.44 bits per heavy atom. The van der Waals surface area contributed by atoms with Gasteiger partial charge in [0.15, 0.2) is 0 Å². The fourth-order valence-corrected chi connectivity index (χ4v) is 2.42. The molecule has 1 aromatic rings. The van der Waals surface area contributed by atoms with Gasteiger partial charge in [-0.2, -0.15) is 0 Å². The van der Waals surface area contributed by atoms with Crippen LogP contribution in [0.3, 0.4) is 0 Å². The number of halogens is 2. The van der Waals surface area contributed by atoms with Gasteiger partial charge in [-0.15, -0.1) is 0 Å². The fourth-order valence-electron chi connectivity index (χ4n) is 2.00. The molecule has 0 bridgehead atoms. The van der Waals surface area contributed by atoms with Gasteiger partial charge in [0, 0.05) is 6.04 Å². The van der Waals surface area contributed by atoms with E-state index in [1.54, 1.807) is 0 Å². The van der Waals surface area contributed by atoms with Crippen LogP contribution in [0.2, 0.25) is 0 Å². The number of nitrogens with two attached hydrogens (primary N) is 1. The van der Waals surface area contributed by atoms with Gasteiger partial charge >= 0.3 is 0 Å². The third kappa shape index (κ3) is 3.29. The smallest absolute Gasteiger partial charge is 0.137 e. The summed E-state index contributed by atoms with van der Waals surface area (Å²) < 4.78 is 13.5. The van der Waals surface area contributed by atoms with Gasteiger partial charge in [-0.3, -0.25) is 0 Å². The molecule has 0 heterocycles. The molecule has 0 aliphatic heterocycles. The van der Waals surface area contributed by atoms with Crippen LogP contribution >= 0.6 is 15.9 Å². The van der Waals surface area contributed by atoms with Crippen LogP contribution in [-0.4, -0.2) is 6.04 Å². The van der Waals surface area contributed by atoms with Crippen LogP contribution in [0.15, 0.2) is 22.7 Å². The first-order valence-electron chi connectivity index (χ1n) is 5.86. The fraction of sp³-hybridized carbons (Fsp3) is 0.538. The largest absolute Gasteiger partial charge is 0.327 e. The molecule has 2 N–H and O–H groups in total. The maximum atomic E-state index is 13.0. The van der Waals surface area contributed by atoms with Crippen molar-refractivity contribution in [3.05, 3.63) is 34.1 Å². The highest BCUT2D eigenvalue weighted by Gasteiger charge is 2.27. The van der Waals surface area contributed by atoms with Gasteiger partial charge in [0.2, 0.25) is 0 Å². The molecule has 1 nitrogen and oxygen atoms in total. The maximum absolute atomic E-state index is 13.0. The van der Waals surface area contributed by atoms with E-state index in [1.807, 2.05) is 12.1 Å². The van der Waals surface area contributed by atoms with Crippen molar-refractivity contribution in [3.63, 3.8) is 0 Å². The molecule has 1 aliphatic carbocycles. The summed E-state index contributed by atoms with van der Waals surface area (Å²) in [6, 6.07) is 5.60. The standard InChI is InChI=1S/C13H17BrFN/c14-11-8-9(4-7-12(11)15)2-1-3-13(16)10-5-6-10/h4,7-8,10,13H,1-3,5-6,16H2. The van der Waals surface area contributed by atoms with Crippen LogP contribution in [-0.2, 0) is 6.42 Å². The number of hydrogen-bond acceptors (Lipinski definition) is 1. The SMILES string of the molecule is NC(CCCc1ccc(F)c(Br)c1)C1CC1. The van der Waals surface area contributed by atoms with E-state index in [0.717, 1.165) is 25.2 Å². The molecule has 2 rings (SSSR count). The molecule has 1 atom stereocenters. The second-order valence-electron chi connectivity index (χ2n) is 4.64. The van der Waals surface area contributed by atoms with Gasteiger partial charge in [-0.1, -0.05) is 6.07 Å². The Hall–Kier alpha value is -0.410. The van der Waals surface area contributed by atoms with Crippen LogP contribution in [0.25, 0.3) is 0 Å². The van der Waals surface area contributed by atoms with Crippen molar-refractivity contribution < 1.29 is 4.39 Å². The molecule has 0 radical (unpaired) electrons. The zero-order valence-electron chi connectivity index (χ0n) is 9.26. The molecule has 16 heavy (non-hydrogen) atoms. The lowest BCUT2D eigenvalue weighted by Crippen LogP contribution is -2.22. The highest BCUT2D eigenvalue weighted by Crippen LogP contribution is 2.33. The number of rotatable bonds is 5. The third-order valence-corrected chi connectivity index (χ3v) is 3.82. The second kappa shape index (κ2) is 5.28. The zero-order chi connectivity index (χ0) is 11.5. The van der Waals surface area contributed by atoms with E-state index in [4.69, 9.17) is 5.73 Å². The summed E-state index contributed by atoms with van der Waals surface area (Å²) in [5.74, 6) is 0.582. The summed E-state index contributed by atoms with van der Waals surface area (Å²) in [5.41, 5.74) is 7.20. The molecule has 0 spiro atoms. The van der Waals surface area contributed by atoms with Crippen LogP contribution in [0.5, 0.6) is 0 Å². The van der Waals surface area contributed by atoms with Crippen molar-refractivity contribution in [1.29, 1.82) is 0 Å². The number of aryl methyl sites for hydroxylation is 1. The average molecular weight is 286 g/mol. The number of hydrogen-bond donors (Lipinski definition) is 1. The van der Waals surface area contributed by atoms with Crippen LogP contribution in [0.1, 0.15) is 31.2 Å². The van der Waals surface area contributed by atoms with Crippen molar-refractivity contribution in [2.24, 2.45) is 11.7 Å². The molecule has 3 heteroatoms. The van der Waals surface area contributed by atoms with E-state index < -0.39 is 0 Å². The highest BCUT2D eigenvalue weighted by molar-refractivity contribution is 9.10. The molecule has 0 aromatic heterocycles. The van der Waals surface area contributed by atoms with Crippen molar-refractivity contribution in [2.45, 2.75) is 38.1 Å².